The molecule has 0 aromatic heterocycles. The molecule has 0 bridgehead atoms. The summed E-state index contributed by atoms with van der Waals surface area (Å²) in [7, 11) is 9.17. The molecular formula is C28H40Au2Cl2N2-2. The Labute approximate surface area is 242 Å². The Kier molecular flexibility index (Phi) is 16.5. The number of rotatable bonds is 6. The van der Waals surface area contributed by atoms with E-state index in [1.807, 2.05) is 0 Å². The third kappa shape index (κ3) is 8.18. The van der Waals surface area contributed by atoms with Gasteiger partial charge in [-0.2, -0.15) is 0 Å². The number of nitrogens with zero attached hydrogens (tertiary/aromatic N) is 2. The van der Waals surface area contributed by atoms with Crippen molar-refractivity contribution >= 4 is 29.8 Å². The molecule has 0 spiro atoms. The second kappa shape index (κ2) is 16.6. The van der Waals surface area contributed by atoms with Gasteiger partial charge >= 0.3 is 58.4 Å². The first-order chi connectivity index (χ1) is 15.7. The molecule has 0 saturated carbocycles. The number of hydrogen-bond donors (Lipinski definition) is 0. The molecule has 2 aromatic carbocycles. The van der Waals surface area contributed by atoms with E-state index in [1.165, 1.54) is 33.6 Å². The van der Waals surface area contributed by atoms with Crippen molar-refractivity contribution in [3.8, 4) is 0 Å². The summed E-state index contributed by atoms with van der Waals surface area (Å²) in [5.74, 6) is 1.92. The molecule has 34 heavy (non-hydrogen) atoms. The Hall–Kier alpha value is -0.159. The molecule has 0 fully saturated rings. The van der Waals surface area contributed by atoms with Crippen LogP contribution in [0.1, 0.15) is 101 Å². The van der Waals surface area contributed by atoms with E-state index in [2.05, 4.69) is 139 Å². The number of anilines is 2. The van der Waals surface area contributed by atoms with Gasteiger partial charge in [0.05, 0.1) is 0 Å². The zero-order valence-corrected chi connectivity index (χ0v) is 27.6. The Balaban J connectivity index is 0.00000207. The number of benzene rings is 2. The first kappa shape index (κ1) is 33.8. The maximum atomic E-state index is 4.58. The summed E-state index contributed by atoms with van der Waals surface area (Å²) in [5, 5.41) is 0. The van der Waals surface area contributed by atoms with Crippen LogP contribution in [0.2, 0.25) is 0 Å². The summed E-state index contributed by atoms with van der Waals surface area (Å²) >= 11 is 3.50. The summed E-state index contributed by atoms with van der Waals surface area (Å²) in [6, 6.07) is 13.5. The van der Waals surface area contributed by atoms with E-state index in [0.29, 0.717) is 23.7 Å². The normalized spacial score (nSPS) is 12.6. The molecule has 200 valence electrons. The fourth-order valence-electron chi connectivity index (χ4n) is 4.24. The van der Waals surface area contributed by atoms with E-state index in [0.717, 1.165) is 0 Å². The average Bonchev–Trinajstić information content (AvgIpc) is 3.30. The number of hydrogen-bond acceptors (Lipinski definition) is 2. The van der Waals surface area contributed by atoms with Crippen LogP contribution in [0.5, 0.6) is 0 Å². The molecule has 2 nitrogen and oxygen atoms in total. The summed E-state index contributed by atoms with van der Waals surface area (Å²) in [6.45, 7) is 20.5. The molecule has 1 aliphatic heterocycles. The topological polar surface area (TPSA) is 6.48 Å². The van der Waals surface area contributed by atoms with Gasteiger partial charge in [-0.1, -0.05) is 91.8 Å². The molecule has 0 atom stereocenters. The number of para-hydroxylation sites is 2. The standard InChI is InChI=1S/C27H37N2.CH3.2Au.2ClH/c1-18(2)22-11-9-12-23(19(3)4)26(22)28-15-16-29(17-28)27-24(20(5)6)13-10-14-25(27)21(7)8;;;;;/h9-21H,1-8H3;1H3;;;2*1H/q2*-1;2*+1;;/p-2. The fourth-order valence-corrected chi connectivity index (χ4v) is 4.24. The van der Waals surface area contributed by atoms with Gasteiger partial charge in [0.2, 0.25) is 0 Å². The average molecular weight is 869 g/mol. The zero-order chi connectivity index (χ0) is 25.3. The molecule has 0 radical (unpaired) electrons. The quantitative estimate of drug-likeness (QED) is 0.211. The minimum atomic E-state index is 0. The molecule has 0 N–H and O–H groups in total. The Morgan fingerprint density at radius 2 is 0.794 bits per heavy atom. The van der Waals surface area contributed by atoms with E-state index < -0.39 is 0 Å². The van der Waals surface area contributed by atoms with Gasteiger partial charge in [0, 0.05) is 11.4 Å². The minimum absolute atomic E-state index is 0. The van der Waals surface area contributed by atoms with Gasteiger partial charge in [0.15, 0.2) is 0 Å². The summed E-state index contributed by atoms with van der Waals surface area (Å²) < 4.78 is 0. The van der Waals surface area contributed by atoms with Crippen LogP contribution < -0.4 is 9.80 Å². The molecule has 1 aliphatic rings. The van der Waals surface area contributed by atoms with Crippen LogP contribution in [0.3, 0.4) is 0 Å². The van der Waals surface area contributed by atoms with Crippen molar-refractivity contribution in [1.29, 1.82) is 0 Å². The molecule has 0 aliphatic carbocycles. The van der Waals surface area contributed by atoms with Gasteiger partial charge in [-0.25, -0.2) is 0 Å². The third-order valence-corrected chi connectivity index (χ3v) is 5.84. The first-order valence-corrected chi connectivity index (χ1v) is 16.7. The van der Waals surface area contributed by atoms with Crippen LogP contribution in [0.25, 0.3) is 0 Å². The monoisotopic (exact) mass is 868 g/mol. The molecule has 6 heteroatoms. The van der Waals surface area contributed by atoms with Gasteiger partial charge in [-0.3, -0.25) is 0 Å². The van der Waals surface area contributed by atoms with Crippen molar-refractivity contribution < 1.29 is 40.0 Å². The van der Waals surface area contributed by atoms with Crippen LogP contribution in [-0.4, -0.2) is 0 Å². The van der Waals surface area contributed by atoms with E-state index in [1.54, 1.807) is 40.0 Å². The fraction of sp³-hybridized carbons (Fsp3) is 0.429. The Bertz CT molecular complexity index is 772. The van der Waals surface area contributed by atoms with Crippen molar-refractivity contribution in [3.05, 3.63) is 85.1 Å². The maximum absolute atomic E-state index is 4.58. The molecule has 1 heterocycles. The van der Waals surface area contributed by atoms with Gasteiger partial charge in [0.1, 0.15) is 0 Å². The van der Waals surface area contributed by atoms with Crippen molar-refractivity contribution in [3.63, 3.8) is 0 Å². The molecule has 0 amide bonds. The van der Waals surface area contributed by atoms with Gasteiger partial charge in [-0.15, -0.1) is 6.67 Å². The van der Waals surface area contributed by atoms with Crippen molar-refractivity contribution in [2.24, 2.45) is 0 Å². The van der Waals surface area contributed by atoms with Gasteiger partial charge in [-0.05, 0) is 58.3 Å². The summed E-state index contributed by atoms with van der Waals surface area (Å²) in [4.78, 5) is 4.65. The van der Waals surface area contributed by atoms with Crippen LogP contribution >= 0.6 is 18.4 Å². The van der Waals surface area contributed by atoms with Crippen LogP contribution in [0, 0.1) is 14.1 Å². The van der Waals surface area contributed by atoms with Gasteiger partial charge in [0.25, 0.3) is 0 Å². The first-order valence-electron chi connectivity index (χ1n) is 11.3. The Morgan fingerprint density at radius 3 is 1.00 bits per heavy atom. The van der Waals surface area contributed by atoms with E-state index in [-0.39, 0.29) is 7.43 Å². The van der Waals surface area contributed by atoms with Crippen molar-refractivity contribution in [1.82, 2.24) is 0 Å². The molecule has 2 aromatic rings. The molecular weight excluding hydrogens is 829 g/mol. The van der Waals surface area contributed by atoms with Crippen molar-refractivity contribution in [2.45, 2.75) is 79.1 Å². The number of halogens is 2. The predicted molar refractivity (Wildman–Crippen MR) is 146 cm³/mol. The Morgan fingerprint density at radius 1 is 0.559 bits per heavy atom. The molecule has 0 unspecified atom stereocenters. The summed E-state index contributed by atoms with van der Waals surface area (Å²) in [6.07, 6.45) is 4.43. The predicted octanol–water partition coefficient (Wildman–Crippen LogP) is 9.92. The van der Waals surface area contributed by atoms with Crippen LogP contribution in [0.15, 0.2) is 48.8 Å². The van der Waals surface area contributed by atoms with E-state index in [4.69, 9.17) is 0 Å². The van der Waals surface area contributed by atoms with Crippen LogP contribution in [-0.2, 0) is 40.0 Å². The van der Waals surface area contributed by atoms with Gasteiger partial charge < -0.3 is 17.2 Å². The van der Waals surface area contributed by atoms with E-state index in [9.17, 15) is 0 Å². The summed E-state index contributed by atoms with van der Waals surface area (Å²) in [5.41, 5.74) is 8.29. The molecule has 0 saturated heterocycles. The van der Waals surface area contributed by atoms with Crippen molar-refractivity contribution in [2.75, 3.05) is 9.80 Å². The van der Waals surface area contributed by atoms with E-state index >= 15 is 0 Å². The second-order valence-corrected chi connectivity index (χ2v) is 9.42. The molecule has 3 rings (SSSR count). The zero-order valence-electron chi connectivity index (χ0n) is 21.8. The third-order valence-electron chi connectivity index (χ3n) is 5.84. The SMILES string of the molecule is CC(C)c1cccc(C(C)C)c1N1C=CN(c2c(C(C)C)cccc2C(C)C)[CH-]1.[CH3-].[Cl][Au].[Cl][Au]. The second-order valence-electron chi connectivity index (χ2n) is 9.42. The van der Waals surface area contributed by atoms with Crippen LogP contribution in [0.4, 0.5) is 11.4 Å².